The van der Waals surface area contributed by atoms with Gasteiger partial charge in [-0.1, -0.05) is 25.1 Å². The first-order chi connectivity index (χ1) is 8.85. The minimum Gasteiger partial charge on any atom is -0.357 e. The van der Waals surface area contributed by atoms with Gasteiger partial charge in [0.05, 0.1) is 0 Å². The quantitative estimate of drug-likeness (QED) is 0.665. The van der Waals surface area contributed by atoms with E-state index in [2.05, 4.69) is 18.3 Å². The van der Waals surface area contributed by atoms with E-state index >= 15 is 0 Å². The van der Waals surface area contributed by atoms with Crippen molar-refractivity contribution in [3.63, 3.8) is 0 Å². The maximum absolute atomic E-state index is 11.3. The zero-order chi connectivity index (χ0) is 14.6. The molecule has 1 aromatic rings. The van der Waals surface area contributed by atoms with Crippen molar-refractivity contribution >= 4 is 17.5 Å². The zero-order valence-corrected chi connectivity index (χ0v) is 13.0. The third kappa shape index (κ3) is 3.48. The Morgan fingerprint density at radius 3 is 2.63 bits per heavy atom. The van der Waals surface area contributed by atoms with E-state index < -0.39 is 11.1 Å². The smallest absolute Gasteiger partial charge is 0.219 e. The highest BCUT2D eigenvalue weighted by Gasteiger charge is 2.36. The second kappa shape index (κ2) is 6.40. The minimum atomic E-state index is -0.927. The zero-order valence-electron chi connectivity index (χ0n) is 12.2. The summed E-state index contributed by atoms with van der Waals surface area (Å²) >= 11 is 6.61. The van der Waals surface area contributed by atoms with Gasteiger partial charge in [0.25, 0.3) is 0 Å². The molecule has 0 fully saturated rings. The van der Waals surface area contributed by atoms with Crippen LogP contribution in [0.25, 0.3) is 0 Å². The summed E-state index contributed by atoms with van der Waals surface area (Å²) in [4.78, 5) is 11.3. The van der Waals surface area contributed by atoms with Crippen molar-refractivity contribution in [2.45, 2.75) is 45.2 Å². The summed E-state index contributed by atoms with van der Waals surface area (Å²) < 4.78 is 5.46. The highest BCUT2D eigenvalue weighted by Crippen LogP contribution is 2.37. The molecule has 0 saturated carbocycles. The average Bonchev–Trinajstić information content (AvgIpc) is 2.36. The Bertz CT molecular complexity index is 461. The van der Waals surface area contributed by atoms with Crippen LogP contribution in [0.1, 0.15) is 42.8 Å². The number of nitrogens with one attached hydrogen (secondary N) is 1. The predicted octanol–water partition coefficient (Wildman–Crippen LogP) is 3.34. The second-order valence-electron chi connectivity index (χ2n) is 4.86. The van der Waals surface area contributed by atoms with Gasteiger partial charge in [0.2, 0.25) is 5.91 Å². The molecule has 1 aromatic carbocycles. The lowest BCUT2D eigenvalue weighted by Gasteiger charge is -2.35. The van der Waals surface area contributed by atoms with E-state index in [0.717, 1.165) is 17.5 Å². The Labute approximate surface area is 120 Å². The summed E-state index contributed by atoms with van der Waals surface area (Å²) in [6.45, 7) is 7.36. The van der Waals surface area contributed by atoms with Gasteiger partial charge in [0, 0.05) is 14.0 Å². The van der Waals surface area contributed by atoms with Crippen LogP contribution in [0.5, 0.6) is 0 Å². The monoisotopic (exact) mass is 283 g/mol. The maximum atomic E-state index is 11.3. The SMILES string of the molecule is CCc1cccc(C)c1C(Cl)C(C)(NC(C)=O)OC. The van der Waals surface area contributed by atoms with E-state index in [1.807, 2.05) is 19.1 Å². The molecular weight excluding hydrogens is 262 g/mol. The van der Waals surface area contributed by atoms with Crippen LogP contribution in [0.15, 0.2) is 18.2 Å². The maximum Gasteiger partial charge on any atom is 0.219 e. The van der Waals surface area contributed by atoms with Gasteiger partial charge in [-0.15, -0.1) is 11.6 Å². The summed E-state index contributed by atoms with van der Waals surface area (Å²) in [7, 11) is 1.55. The van der Waals surface area contributed by atoms with Crippen molar-refractivity contribution in [3.05, 3.63) is 34.9 Å². The third-order valence-corrected chi connectivity index (χ3v) is 4.02. The molecule has 0 aliphatic carbocycles. The fourth-order valence-corrected chi connectivity index (χ4v) is 2.71. The van der Waals surface area contributed by atoms with Crippen molar-refractivity contribution in [1.82, 2.24) is 5.32 Å². The van der Waals surface area contributed by atoms with Gasteiger partial charge in [0.1, 0.15) is 5.38 Å². The molecule has 2 atom stereocenters. The van der Waals surface area contributed by atoms with Crippen LogP contribution < -0.4 is 5.32 Å². The van der Waals surface area contributed by atoms with Crippen LogP contribution in [-0.4, -0.2) is 18.7 Å². The lowest BCUT2D eigenvalue weighted by Crippen LogP contribution is -2.50. The van der Waals surface area contributed by atoms with Gasteiger partial charge in [-0.2, -0.15) is 0 Å². The molecule has 4 heteroatoms. The molecule has 0 saturated heterocycles. The lowest BCUT2D eigenvalue weighted by atomic mass is 9.92. The van der Waals surface area contributed by atoms with E-state index in [4.69, 9.17) is 16.3 Å². The highest BCUT2D eigenvalue weighted by atomic mass is 35.5. The lowest BCUT2D eigenvalue weighted by molar-refractivity contribution is -0.128. The van der Waals surface area contributed by atoms with E-state index in [1.54, 1.807) is 14.0 Å². The molecule has 1 amide bonds. The number of halogens is 1. The fraction of sp³-hybridized carbons (Fsp3) is 0.533. The molecule has 106 valence electrons. The van der Waals surface area contributed by atoms with E-state index in [1.165, 1.54) is 12.5 Å². The highest BCUT2D eigenvalue weighted by molar-refractivity contribution is 6.22. The van der Waals surface area contributed by atoms with Crippen LogP contribution in [0.4, 0.5) is 0 Å². The van der Waals surface area contributed by atoms with Crippen LogP contribution in [0.2, 0.25) is 0 Å². The number of aryl methyl sites for hydroxylation is 2. The first kappa shape index (κ1) is 16.0. The van der Waals surface area contributed by atoms with Gasteiger partial charge < -0.3 is 10.1 Å². The van der Waals surface area contributed by atoms with Crippen LogP contribution in [0, 0.1) is 6.92 Å². The number of benzene rings is 1. The number of carbonyl (C=O) groups is 1. The first-order valence-electron chi connectivity index (χ1n) is 6.42. The molecule has 3 nitrogen and oxygen atoms in total. The van der Waals surface area contributed by atoms with Crippen LogP contribution in [0.3, 0.4) is 0 Å². The molecule has 0 bridgehead atoms. The Morgan fingerprint density at radius 1 is 1.53 bits per heavy atom. The second-order valence-corrected chi connectivity index (χ2v) is 5.29. The Kier molecular flexibility index (Phi) is 5.39. The normalized spacial score (nSPS) is 15.7. The summed E-state index contributed by atoms with van der Waals surface area (Å²) in [5, 5.41) is 2.34. The molecule has 1 rings (SSSR count). The Hall–Kier alpha value is -1.06. The topological polar surface area (TPSA) is 38.3 Å². The molecule has 0 radical (unpaired) electrons. The largest absolute Gasteiger partial charge is 0.357 e. The predicted molar refractivity (Wildman–Crippen MR) is 78.4 cm³/mol. The fourth-order valence-electron chi connectivity index (χ4n) is 2.26. The standard InChI is InChI=1S/C15H22ClNO2/c1-6-12-9-7-8-10(2)13(12)14(16)15(4,19-5)17-11(3)18/h7-9,14H,6H2,1-5H3,(H,17,18). The van der Waals surface area contributed by atoms with E-state index in [-0.39, 0.29) is 5.91 Å². The molecule has 0 aromatic heterocycles. The number of amides is 1. The Balaban J connectivity index is 3.24. The summed E-state index contributed by atoms with van der Waals surface area (Å²) in [6.07, 6.45) is 0.889. The van der Waals surface area contributed by atoms with Gasteiger partial charge in [-0.25, -0.2) is 0 Å². The van der Waals surface area contributed by atoms with Gasteiger partial charge >= 0.3 is 0 Å². The first-order valence-corrected chi connectivity index (χ1v) is 6.85. The molecule has 0 aliphatic rings. The number of hydrogen-bond acceptors (Lipinski definition) is 2. The van der Waals surface area contributed by atoms with Crippen molar-refractivity contribution in [1.29, 1.82) is 0 Å². The number of hydrogen-bond donors (Lipinski definition) is 1. The minimum absolute atomic E-state index is 0.165. The molecule has 1 N–H and O–H groups in total. The van der Waals surface area contributed by atoms with Crippen molar-refractivity contribution in [2.75, 3.05) is 7.11 Å². The van der Waals surface area contributed by atoms with Gasteiger partial charge in [0.15, 0.2) is 5.72 Å². The van der Waals surface area contributed by atoms with Crippen molar-refractivity contribution in [2.24, 2.45) is 0 Å². The molecule has 19 heavy (non-hydrogen) atoms. The number of methoxy groups -OCH3 is 1. The molecule has 2 unspecified atom stereocenters. The number of alkyl halides is 1. The summed E-state index contributed by atoms with van der Waals surface area (Å²) in [5.41, 5.74) is 2.38. The van der Waals surface area contributed by atoms with Gasteiger partial charge in [-0.05, 0) is 37.0 Å². The number of rotatable bonds is 5. The van der Waals surface area contributed by atoms with E-state index in [9.17, 15) is 4.79 Å². The van der Waals surface area contributed by atoms with Crippen LogP contribution in [-0.2, 0) is 16.0 Å². The van der Waals surface area contributed by atoms with Gasteiger partial charge in [-0.3, -0.25) is 4.79 Å². The molecular formula is C15H22ClNO2. The van der Waals surface area contributed by atoms with Crippen molar-refractivity contribution < 1.29 is 9.53 Å². The Morgan fingerprint density at radius 2 is 2.16 bits per heavy atom. The number of carbonyl (C=O) groups excluding carboxylic acids is 1. The molecule has 0 aliphatic heterocycles. The van der Waals surface area contributed by atoms with Crippen LogP contribution >= 0.6 is 11.6 Å². The third-order valence-electron chi connectivity index (χ3n) is 3.38. The van der Waals surface area contributed by atoms with Crippen molar-refractivity contribution in [3.8, 4) is 0 Å². The molecule has 0 heterocycles. The average molecular weight is 284 g/mol. The number of ether oxygens (including phenoxy) is 1. The van der Waals surface area contributed by atoms with E-state index in [0.29, 0.717) is 0 Å². The summed E-state index contributed by atoms with van der Waals surface area (Å²) in [6, 6.07) is 6.10. The molecule has 0 spiro atoms. The summed E-state index contributed by atoms with van der Waals surface area (Å²) in [5.74, 6) is -0.165.